The van der Waals surface area contributed by atoms with Crippen molar-refractivity contribution in [3.05, 3.63) is 34.4 Å². The molecule has 0 bridgehead atoms. The van der Waals surface area contributed by atoms with Gasteiger partial charge in [-0.3, -0.25) is 19.7 Å². The van der Waals surface area contributed by atoms with E-state index in [0.29, 0.717) is 0 Å². The number of para-hydroxylation sites is 1. The maximum Gasteiger partial charge on any atom is 0.318 e. The minimum absolute atomic E-state index is 0.139. The topological polar surface area (TPSA) is 155 Å². The zero-order valence-electron chi connectivity index (χ0n) is 10.4. The van der Waals surface area contributed by atoms with Crippen LogP contribution >= 0.6 is 0 Å². The zero-order chi connectivity index (χ0) is 16.2. The Labute approximate surface area is 118 Å². The molecule has 0 aliphatic carbocycles. The highest BCUT2D eigenvalue weighted by Gasteiger charge is 2.33. The van der Waals surface area contributed by atoms with Crippen molar-refractivity contribution < 1.29 is 33.1 Å². The van der Waals surface area contributed by atoms with Gasteiger partial charge in [-0.2, -0.15) is 4.31 Å². The third-order valence-corrected chi connectivity index (χ3v) is 4.14. The number of hydrogen-bond acceptors (Lipinski definition) is 6. The Morgan fingerprint density at radius 1 is 1.14 bits per heavy atom. The average Bonchev–Trinajstić information content (AvgIpc) is 2.36. The third-order valence-electron chi connectivity index (χ3n) is 2.30. The smallest absolute Gasteiger partial charge is 0.318 e. The number of sulfonamides is 1. The average molecular weight is 318 g/mol. The maximum absolute atomic E-state index is 12.2. The molecule has 21 heavy (non-hydrogen) atoms. The minimum Gasteiger partial charge on any atom is -0.480 e. The first-order valence-electron chi connectivity index (χ1n) is 5.33. The van der Waals surface area contributed by atoms with Crippen molar-refractivity contribution in [2.24, 2.45) is 0 Å². The van der Waals surface area contributed by atoms with Gasteiger partial charge >= 0.3 is 11.9 Å². The first-order chi connectivity index (χ1) is 9.66. The minimum atomic E-state index is -4.64. The number of aliphatic carboxylic acids is 2. The van der Waals surface area contributed by atoms with Crippen molar-refractivity contribution in [2.75, 3.05) is 13.1 Å². The van der Waals surface area contributed by atoms with E-state index >= 15 is 0 Å². The van der Waals surface area contributed by atoms with E-state index in [9.17, 15) is 28.1 Å². The lowest BCUT2D eigenvalue weighted by Crippen LogP contribution is -2.39. The standard InChI is InChI=1S/C10H10N2O8S/c13-9(14)5-11(6-10(15)16)21(19,20)8-4-2-1-3-7(8)12(17)18/h1-4H,5-6H2,(H,13,14)(H,15,16). The van der Waals surface area contributed by atoms with Crippen LogP contribution in [0, 0.1) is 10.1 Å². The van der Waals surface area contributed by atoms with Crippen molar-refractivity contribution in [2.45, 2.75) is 4.90 Å². The van der Waals surface area contributed by atoms with Crippen LogP contribution in [-0.4, -0.2) is 52.9 Å². The van der Waals surface area contributed by atoms with Gasteiger partial charge in [0, 0.05) is 6.07 Å². The van der Waals surface area contributed by atoms with Gasteiger partial charge in [-0.15, -0.1) is 0 Å². The summed E-state index contributed by atoms with van der Waals surface area (Å²) in [6.45, 7) is -2.25. The lowest BCUT2D eigenvalue weighted by molar-refractivity contribution is -0.387. The molecule has 0 aliphatic rings. The van der Waals surface area contributed by atoms with E-state index in [1.54, 1.807) is 0 Å². The van der Waals surface area contributed by atoms with Crippen molar-refractivity contribution in [1.29, 1.82) is 0 Å². The van der Waals surface area contributed by atoms with Crippen LogP contribution < -0.4 is 0 Å². The summed E-state index contributed by atoms with van der Waals surface area (Å²) in [4.78, 5) is 30.4. The molecular weight excluding hydrogens is 308 g/mol. The maximum atomic E-state index is 12.2. The highest BCUT2D eigenvalue weighted by molar-refractivity contribution is 7.89. The normalized spacial score (nSPS) is 11.3. The van der Waals surface area contributed by atoms with Crippen molar-refractivity contribution in [1.82, 2.24) is 4.31 Å². The second kappa shape index (κ2) is 6.28. The van der Waals surface area contributed by atoms with Gasteiger partial charge in [-0.1, -0.05) is 12.1 Å². The lowest BCUT2D eigenvalue weighted by atomic mass is 10.3. The Balaban J connectivity index is 3.38. The molecule has 0 saturated carbocycles. The van der Waals surface area contributed by atoms with Crippen molar-refractivity contribution in [3.8, 4) is 0 Å². The summed E-state index contributed by atoms with van der Waals surface area (Å²) >= 11 is 0. The number of carboxylic acid groups (broad SMARTS) is 2. The van der Waals surface area contributed by atoms with E-state index in [1.807, 2.05) is 0 Å². The van der Waals surface area contributed by atoms with E-state index in [2.05, 4.69) is 0 Å². The summed E-state index contributed by atoms with van der Waals surface area (Å²) in [5.74, 6) is -3.17. The number of rotatable bonds is 7. The molecule has 0 aliphatic heterocycles. The number of hydrogen-bond donors (Lipinski definition) is 2. The third kappa shape index (κ3) is 3.97. The van der Waals surface area contributed by atoms with Crippen LogP contribution in [0.2, 0.25) is 0 Å². The SMILES string of the molecule is O=C(O)CN(CC(=O)O)S(=O)(=O)c1ccccc1[N+](=O)[O-]. The van der Waals surface area contributed by atoms with Gasteiger partial charge in [0.1, 0.15) is 13.1 Å². The van der Waals surface area contributed by atoms with E-state index in [4.69, 9.17) is 10.2 Å². The Bertz CT molecular complexity index is 668. The Morgan fingerprint density at radius 3 is 2.05 bits per heavy atom. The van der Waals surface area contributed by atoms with Crippen LogP contribution in [0.3, 0.4) is 0 Å². The number of benzene rings is 1. The van der Waals surface area contributed by atoms with Crippen LogP contribution in [0.15, 0.2) is 29.2 Å². The summed E-state index contributed by atoms with van der Waals surface area (Å²) in [5, 5.41) is 28.1. The Kier molecular flexibility index (Phi) is 4.94. The van der Waals surface area contributed by atoms with Gasteiger partial charge in [-0.25, -0.2) is 8.42 Å². The summed E-state index contributed by atoms with van der Waals surface area (Å²) < 4.78 is 24.6. The molecule has 0 radical (unpaired) electrons. The zero-order valence-corrected chi connectivity index (χ0v) is 11.2. The Morgan fingerprint density at radius 2 is 1.62 bits per heavy atom. The molecule has 0 aromatic heterocycles. The molecule has 0 saturated heterocycles. The number of nitrogens with zero attached hydrogens (tertiary/aromatic N) is 2. The predicted octanol–water partition coefficient (Wildman–Crippen LogP) is -0.245. The predicted molar refractivity (Wildman–Crippen MR) is 67.1 cm³/mol. The molecule has 0 unspecified atom stereocenters. The summed E-state index contributed by atoms with van der Waals surface area (Å²) in [7, 11) is -4.64. The van der Waals surface area contributed by atoms with Crippen LogP contribution in [0.5, 0.6) is 0 Å². The van der Waals surface area contributed by atoms with Crippen LogP contribution in [0.4, 0.5) is 5.69 Å². The molecule has 0 spiro atoms. The van der Waals surface area contributed by atoms with E-state index in [0.717, 1.165) is 12.1 Å². The second-order valence-corrected chi connectivity index (χ2v) is 5.69. The molecular formula is C10H10N2O8S. The van der Waals surface area contributed by atoms with Gasteiger partial charge in [0.25, 0.3) is 15.7 Å². The van der Waals surface area contributed by atoms with E-state index in [1.165, 1.54) is 12.1 Å². The molecule has 11 heteroatoms. The molecule has 0 fully saturated rings. The van der Waals surface area contributed by atoms with Gasteiger partial charge in [0.2, 0.25) is 0 Å². The van der Waals surface area contributed by atoms with E-state index < -0.39 is 50.6 Å². The number of nitro groups is 1. The molecule has 1 aromatic carbocycles. The number of carboxylic acids is 2. The quantitative estimate of drug-likeness (QED) is 0.515. The molecule has 10 nitrogen and oxygen atoms in total. The highest BCUT2D eigenvalue weighted by atomic mass is 32.2. The number of carbonyl (C=O) groups is 2. The second-order valence-electron chi connectivity index (χ2n) is 3.79. The first-order valence-corrected chi connectivity index (χ1v) is 6.77. The Hall–Kier alpha value is -2.53. The fourth-order valence-corrected chi connectivity index (χ4v) is 2.99. The monoisotopic (exact) mass is 318 g/mol. The molecule has 2 N–H and O–H groups in total. The highest BCUT2D eigenvalue weighted by Crippen LogP contribution is 2.26. The molecule has 1 rings (SSSR count). The summed E-state index contributed by atoms with van der Waals surface area (Å²) in [6, 6.07) is 4.27. The molecule has 0 heterocycles. The van der Waals surface area contributed by atoms with E-state index in [-0.39, 0.29) is 4.31 Å². The van der Waals surface area contributed by atoms with Crippen LogP contribution in [0.25, 0.3) is 0 Å². The van der Waals surface area contributed by atoms with Crippen molar-refractivity contribution >= 4 is 27.6 Å². The summed E-state index contributed by atoms with van der Waals surface area (Å²) in [6.07, 6.45) is 0. The van der Waals surface area contributed by atoms with Crippen molar-refractivity contribution in [3.63, 3.8) is 0 Å². The van der Waals surface area contributed by atoms with Gasteiger partial charge in [0.15, 0.2) is 4.90 Å². The molecule has 0 amide bonds. The van der Waals surface area contributed by atoms with Crippen LogP contribution in [0.1, 0.15) is 0 Å². The van der Waals surface area contributed by atoms with Gasteiger partial charge in [-0.05, 0) is 6.07 Å². The largest absolute Gasteiger partial charge is 0.480 e. The molecule has 0 atom stereocenters. The lowest BCUT2D eigenvalue weighted by Gasteiger charge is -2.18. The molecule has 114 valence electrons. The van der Waals surface area contributed by atoms with Gasteiger partial charge < -0.3 is 10.2 Å². The van der Waals surface area contributed by atoms with Crippen LogP contribution in [-0.2, 0) is 19.6 Å². The fourth-order valence-electron chi connectivity index (χ4n) is 1.49. The fraction of sp³-hybridized carbons (Fsp3) is 0.200. The van der Waals surface area contributed by atoms with Gasteiger partial charge in [0.05, 0.1) is 4.92 Å². The number of nitro benzene ring substituents is 1. The molecule has 1 aromatic rings. The summed E-state index contributed by atoms with van der Waals surface area (Å²) in [5.41, 5.74) is -0.765. The first kappa shape index (κ1) is 16.5.